The van der Waals surface area contributed by atoms with Gasteiger partial charge in [0.2, 0.25) is 5.91 Å². The van der Waals surface area contributed by atoms with Gasteiger partial charge in [0.05, 0.1) is 0 Å². The number of ketones is 1. The molecular weight excluding hydrogens is 310 g/mol. The van der Waals surface area contributed by atoms with Crippen LogP contribution in [0.5, 0.6) is 0 Å². The Labute approximate surface area is 148 Å². The van der Waals surface area contributed by atoms with Crippen molar-refractivity contribution in [3.05, 3.63) is 54.6 Å². The summed E-state index contributed by atoms with van der Waals surface area (Å²) in [6.07, 6.45) is 4.51. The summed E-state index contributed by atoms with van der Waals surface area (Å²) in [5, 5.41) is 3.04. The van der Waals surface area contributed by atoms with Crippen LogP contribution in [0.4, 0.5) is 5.69 Å². The molecule has 128 valence electrons. The Morgan fingerprint density at radius 2 is 1.44 bits per heavy atom. The van der Waals surface area contributed by atoms with Crippen LogP contribution in [0, 0.1) is 17.8 Å². The van der Waals surface area contributed by atoms with Crippen LogP contribution in [-0.4, -0.2) is 11.7 Å². The molecule has 1 N–H and O–H groups in total. The highest BCUT2D eigenvalue weighted by Crippen LogP contribution is 2.40. The molecule has 2 fully saturated rings. The van der Waals surface area contributed by atoms with Crippen molar-refractivity contribution in [1.82, 2.24) is 0 Å². The molecule has 3 atom stereocenters. The first-order valence-electron chi connectivity index (χ1n) is 9.21. The zero-order valence-corrected chi connectivity index (χ0v) is 14.3. The fourth-order valence-corrected chi connectivity index (χ4v) is 4.31. The normalized spacial score (nSPS) is 25.4. The van der Waals surface area contributed by atoms with Gasteiger partial charge in [-0.2, -0.15) is 0 Å². The molecule has 1 unspecified atom stereocenters. The second-order valence-corrected chi connectivity index (χ2v) is 7.33. The third kappa shape index (κ3) is 3.37. The summed E-state index contributed by atoms with van der Waals surface area (Å²) in [6, 6.07) is 18.2. The van der Waals surface area contributed by atoms with Crippen molar-refractivity contribution in [3.63, 3.8) is 0 Å². The van der Waals surface area contributed by atoms with Crippen molar-refractivity contribution < 1.29 is 9.59 Å². The number of amides is 1. The molecule has 2 aromatic rings. The first-order chi connectivity index (χ1) is 12.2. The number of rotatable bonds is 3. The number of benzene rings is 2. The van der Waals surface area contributed by atoms with E-state index in [-0.39, 0.29) is 23.7 Å². The van der Waals surface area contributed by atoms with Crippen molar-refractivity contribution in [3.8, 4) is 11.1 Å². The summed E-state index contributed by atoms with van der Waals surface area (Å²) < 4.78 is 0. The number of carbonyl (C=O) groups is 2. The minimum absolute atomic E-state index is 0.0261. The van der Waals surface area contributed by atoms with Gasteiger partial charge in [-0.25, -0.2) is 0 Å². The number of carbonyl (C=O) groups excluding carboxylic acids is 2. The van der Waals surface area contributed by atoms with Gasteiger partial charge in [0, 0.05) is 23.4 Å². The highest BCUT2D eigenvalue weighted by atomic mass is 16.2. The fraction of sp³-hybridized carbons (Fsp3) is 0.364. The predicted molar refractivity (Wildman–Crippen MR) is 99.1 cm³/mol. The van der Waals surface area contributed by atoms with Crippen molar-refractivity contribution >= 4 is 17.4 Å². The van der Waals surface area contributed by atoms with Crippen molar-refractivity contribution in [2.75, 3.05) is 5.32 Å². The van der Waals surface area contributed by atoms with Gasteiger partial charge in [-0.15, -0.1) is 0 Å². The predicted octanol–water partition coefficient (Wildman–Crippen LogP) is 4.69. The summed E-state index contributed by atoms with van der Waals surface area (Å²) in [5.74, 6) is 0.675. The number of fused-ring (bicyclic) bond motifs is 2. The van der Waals surface area contributed by atoms with E-state index in [9.17, 15) is 9.59 Å². The molecule has 1 amide bonds. The Balaban J connectivity index is 1.42. The van der Waals surface area contributed by atoms with E-state index < -0.39 is 0 Å². The first kappa shape index (κ1) is 16.1. The van der Waals surface area contributed by atoms with E-state index in [0.29, 0.717) is 5.78 Å². The first-order valence-corrected chi connectivity index (χ1v) is 9.21. The maximum atomic E-state index is 12.6. The number of nitrogens with one attached hydrogen (secondary N) is 1. The number of Topliss-reactive ketones (excluding diaryl/α,β-unsaturated/α-hetero) is 1. The zero-order valence-electron chi connectivity index (χ0n) is 14.3. The average molecular weight is 333 g/mol. The van der Waals surface area contributed by atoms with Crippen LogP contribution in [0.25, 0.3) is 11.1 Å². The van der Waals surface area contributed by atoms with Crippen molar-refractivity contribution in [2.45, 2.75) is 32.1 Å². The molecular formula is C22H23NO2. The Morgan fingerprint density at radius 1 is 0.840 bits per heavy atom. The minimum Gasteiger partial charge on any atom is -0.326 e. The Bertz CT molecular complexity index is 750. The molecule has 2 saturated carbocycles. The van der Waals surface area contributed by atoms with Gasteiger partial charge in [0.1, 0.15) is 5.78 Å². The van der Waals surface area contributed by atoms with Crippen LogP contribution >= 0.6 is 0 Å². The maximum Gasteiger partial charge on any atom is 0.227 e. The van der Waals surface area contributed by atoms with Gasteiger partial charge >= 0.3 is 0 Å². The van der Waals surface area contributed by atoms with Gasteiger partial charge in [0.15, 0.2) is 0 Å². The van der Waals surface area contributed by atoms with Gasteiger partial charge < -0.3 is 5.32 Å². The number of hydrogen-bond donors (Lipinski definition) is 1. The molecule has 0 aliphatic heterocycles. The second-order valence-electron chi connectivity index (χ2n) is 7.33. The van der Waals surface area contributed by atoms with E-state index in [0.717, 1.165) is 43.4 Å². The fourth-order valence-electron chi connectivity index (χ4n) is 4.31. The summed E-state index contributed by atoms with van der Waals surface area (Å²) >= 11 is 0. The SMILES string of the molecule is O=C(Nc1ccc(-c2ccccc2)cc1)C1C[C@H]2CCC[C@@H](C1)C2=O. The average Bonchev–Trinajstić information content (AvgIpc) is 2.63. The van der Waals surface area contributed by atoms with E-state index in [1.54, 1.807) is 0 Å². The highest BCUT2D eigenvalue weighted by Gasteiger charge is 2.41. The third-order valence-corrected chi connectivity index (χ3v) is 5.68. The number of hydrogen-bond acceptors (Lipinski definition) is 2. The van der Waals surface area contributed by atoms with Crippen LogP contribution in [0.2, 0.25) is 0 Å². The van der Waals surface area contributed by atoms with Crippen LogP contribution in [0.15, 0.2) is 54.6 Å². The third-order valence-electron chi connectivity index (χ3n) is 5.68. The largest absolute Gasteiger partial charge is 0.326 e. The molecule has 4 rings (SSSR count). The highest BCUT2D eigenvalue weighted by molar-refractivity contribution is 5.95. The standard InChI is InChI=1S/C22H23NO2/c24-21-17-7-4-8-18(21)14-19(13-17)22(25)23-20-11-9-16(10-12-20)15-5-2-1-3-6-15/h1-3,5-6,9-12,17-19H,4,7-8,13-14H2,(H,23,25)/t17-,18+,19?. The Hall–Kier alpha value is -2.42. The van der Waals surface area contributed by atoms with Crippen molar-refractivity contribution in [1.29, 1.82) is 0 Å². The lowest BCUT2D eigenvalue weighted by Crippen LogP contribution is -2.40. The summed E-state index contributed by atoms with van der Waals surface area (Å²) in [5.41, 5.74) is 3.13. The molecule has 2 aliphatic carbocycles. The molecule has 0 saturated heterocycles. The van der Waals surface area contributed by atoms with Crippen LogP contribution in [-0.2, 0) is 9.59 Å². The molecule has 3 heteroatoms. The van der Waals surface area contributed by atoms with Crippen LogP contribution in [0.3, 0.4) is 0 Å². The lowest BCUT2D eigenvalue weighted by Gasteiger charge is -2.36. The smallest absolute Gasteiger partial charge is 0.227 e. The van der Waals surface area contributed by atoms with Crippen LogP contribution in [0.1, 0.15) is 32.1 Å². The maximum absolute atomic E-state index is 12.6. The van der Waals surface area contributed by atoms with E-state index in [1.165, 1.54) is 5.56 Å². The topological polar surface area (TPSA) is 46.2 Å². The van der Waals surface area contributed by atoms with Gasteiger partial charge in [-0.1, -0.05) is 48.9 Å². The van der Waals surface area contributed by atoms with E-state index in [2.05, 4.69) is 17.4 Å². The quantitative estimate of drug-likeness (QED) is 0.886. The van der Waals surface area contributed by atoms with Crippen LogP contribution < -0.4 is 5.32 Å². The Morgan fingerprint density at radius 3 is 2.08 bits per heavy atom. The zero-order chi connectivity index (χ0) is 17.2. The lowest BCUT2D eigenvalue weighted by atomic mass is 9.67. The molecule has 2 aromatic carbocycles. The minimum atomic E-state index is -0.0261. The number of anilines is 1. The lowest BCUT2D eigenvalue weighted by molar-refractivity contribution is -0.136. The molecule has 2 bridgehead atoms. The molecule has 0 heterocycles. The van der Waals surface area contributed by atoms with E-state index in [1.807, 2.05) is 42.5 Å². The molecule has 0 spiro atoms. The van der Waals surface area contributed by atoms with Gasteiger partial charge in [-0.3, -0.25) is 9.59 Å². The summed E-state index contributed by atoms with van der Waals surface area (Å²) in [6.45, 7) is 0. The molecule has 3 nitrogen and oxygen atoms in total. The molecule has 25 heavy (non-hydrogen) atoms. The van der Waals surface area contributed by atoms with E-state index >= 15 is 0 Å². The van der Waals surface area contributed by atoms with Crippen molar-refractivity contribution in [2.24, 2.45) is 17.8 Å². The van der Waals surface area contributed by atoms with Gasteiger partial charge in [-0.05, 0) is 48.9 Å². The molecule has 0 radical (unpaired) electrons. The monoisotopic (exact) mass is 333 g/mol. The molecule has 2 aliphatic rings. The summed E-state index contributed by atoms with van der Waals surface area (Å²) in [4.78, 5) is 24.8. The second kappa shape index (κ2) is 6.83. The van der Waals surface area contributed by atoms with Gasteiger partial charge in [0.25, 0.3) is 0 Å². The molecule has 0 aromatic heterocycles. The Kier molecular flexibility index (Phi) is 4.39. The summed E-state index contributed by atoms with van der Waals surface area (Å²) in [7, 11) is 0. The van der Waals surface area contributed by atoms with E-state index in [4.69, 9.17) is 0 Å².